The van der Waals surface area contributed by atoms with Crippen molar-refractivity contribution < 1.29 is 51.3 Å². The Bertz CT molecular complexity index is 3170. The second kappa shape index (κ2) is 19.3. The molecule has 2 saturated carbocycles. The van der Waals surface area contributed by atoms with Crippen LogP contribution in [0.1, 0.15) is 101 Å². The standard InChI is InChI=1S/C55H65FN8O11S/c1-33(2)74-45-7-5-4-6-38(45)44-30-72-23-21-62(44)36-28-54(29-36)16-19-61(20-17-54)35-8-9-39(41(25-35)63-40-11-22-71-31-47(40)75-52-43(63)24-34-10-18-57-50(34)59-52)51(65)60-76(69,70)37-26-42(64(67)68)49-46(27-37)73-32-48(58-49)55(56)14-12-53(3,66)13-15-55/h4-10,18,24-27,33,36,40,44,47-48,58,66H,11-17,19-23,28-32H2,1-3H3,(H,57,59)(H,60,65)/t40-,44-,47-,48+,53?,55?/m0/s1. The molecule has 0 bridgehead atoms. The van der Waals surface area contributed by atoms with Crippen LogP contribution in [0.2, 0.25) is 0 Å². The molecule has 4 atom stereocenters. The van der Waals surface area contributed by atoms with Gasteiger partial charge in [0.05, 0.1) is 70.7 Å². The van der Waals surface area contributed by atoms with Crippen molar-refractivity contribution in [2.75, 3.05) is 67.8 Å². The summed E-state index contributed by atoms with van der Waals surface area (Å²) in [7, 11) is -4.81. The molecule has 5 aromatic rings. The molecule has 12 rings (SSSR count). The van der Waals surface area contributed by atoms with Crippen LogP contribution in [-0.4, -0.2) is 133 Å². The molecule has 1 amide bonds. The van der Waals surface area contributed by atoms with E-state index in [-0.39, 0.29) is 79.5 Å². The topological polar surface area (TPSA) is 223 Å². The van der Waals surface area contributed by atoms with Crippen molar-refractivity contribution in [2.24, 2.45) is 5.41 Å². The van der Waals surface area contributed by atoms with Crippen LogP contribution in [0.3, 0.4) is 0 Å². The van der Waals surface area contributed by atoms with E-state index in [4.69, 9.17) is 28.7 Å². The number of halogens is 1. The number of hydrogen-bond donors (Lipinski definition) is 4. The van der Waals surface area contributed by atoms with Crippen LogP contribution in [0.25, 0.3) is 11.0 Å². The lowest BCUT2D eigenvalue weighted by molar-refractivity contribution is -0.384. The van der Waals surface area contributed by atoms with Gasteiger partial charge in [-0.3, -0.25) is 19.8 Å². The van der Waals surface area contributed by atoms with Crippen molar-refractivity contribution in [3.8, 4) is 17.4 Å². The molecule has 0 radical (unpaired) electrons. The number of anilines is 4. The van der Waals surface area contributed by atoms with Gasteiger partial charge in [-0.05, 0) is 120 Å². The number of nitrogens with one attached hydrogen (secondary N) is 3. The number of nitro benzene ring substituents is 1. The molecule has 3 saturated heterocycles. The zero-order chi connectivity index (χ0) is 52.7. The number of fused-ring (bicyclic) bond motifs is 4. The summed E-state index contributed by atoms with van der Waals surface area (Å²) in [6, 6.07) is 18.8. The fraction of sp³-hybridized carbons (Fsp3) is 0.527. The number of rotatable bonds is 11. The molecular formula is C55H65FN8O11S. The predicted molar refractivity (Wildman–Crippen MR) is 281 cm³/mol. The minimum atomic E-state index is -4.81. The van der Waals surface area contributed by atoms with Crippen LogP contribution in [0, 0.1) is 15.5 Å². The number of hydrogen-bond acceptors (Lipinski definition) is 16. The van der Waals surface area contributed by atoms with Crippen LogP contribution in [-0.2, 0) is 19.5 Å². The van der Waals surface area contributed by atoms with Gasteiger partial charge < -0.3 is 48.9 Å². The lowest BCUT2D eigenvalue weighted by Crippen LogP contribution is -2.57. The summed E-state index contributed by atoms with van der Waals surface area (Å²) in [6.07, 6.45) is 6.42. The van der Waals surface area contributed by atoms with Gasteiger partial charge in [-0.1, -0.05) is 18.2 Å². The Kier molecular flexibility index (Phi) is 12.9. The number of H-pyrrole nitrogens is 1. The maximum atomic E-state index is 16.3. The Morgan fingerprint density at radius 2 is 1.74 bits per heavy atom. The fourth-order valence-corrected chi connectivity index (χ4v) is 13.9. The molecule has 5 aliphatic heterocycles. The summed E-state index contributed by atoms with van der Waals surface area (Å²) < 4.78 is 78.0. The van der Waals surface area contributed by atoms with E-state index in [2.05, 4.69) is 43.0 Å². The summed E-state index contributed by atoms with van der Waals surface area (Å²) in [6.45, 7) is 9.91. The highest BCUT2D eigenvalue weighted by Crippen LogP contribution is 2.54. The number of carbonyl (C=O) groups excluding carboxylic acids is 1. The van der Waals surface area contributed by atoms with E-state index in [0.29, 0.717) is 55.2 Å². The van der Waals surface area contributed by atoms with Crippen molar-refractivity contribution in [3.63, 3.8) is 0 Å². The average molecular weight is 1070 g/mol. The van der Waals surface area contributed by atoms with E-state index in [9.17, 15) is 28.4 Å². The van der Waals surface area contributed by atoms with Gasteiger partial charge in [-0.2, -0.15) is 4.98 Å². The number of sulfonamides is 1. The monoisotopic (exact) mass is 1060 g/mol. The first-order valence-corrected chi connectivity index (χ1v) is 28.1. The van der Waals surface area contributed by atoms with Gasteiger partial charge in [0.15, 0.2) is 11.4 Å². The van der Waals surface area contributed by atoms with Crippen molar-refractivity contribution >= 4 is 55.4 Å². The number of pyridine rings is 1. The minimum Gasteiger partial charge on any atom is -0.491 e. The normalized spacial score (nSPS) is 27.6. The number of ether oxygens (including phenoxy) is 5. The van der Waals surface area contributed by atoms with Gasteiger partial charge in [0.25, 0.3) is 21.6 Å². The number of aromatic nitrogens is 2. The Hall–Kier alpha value is -6.26. The van der Waals surface area contributed by atoms with Gasteiger partial charge in [-0.15, -0.1) is 0 Å². The number of piperidine rings is 1. The summed E-state index contributed by atoms with van der Waals surface area (Å²) in [5.74, 6) is 0.104. The smallest absolute Gasteiger partial charge is 0.297 e. The molecule has 3 aromatic carbocycles. The first-order chi connectivity index (χ1) is 36.5. The van der Waals surface area contributed by atoms with Crippen molar-refractivity contribution in [1.82, 2.24) is 19.6 Å². The highest BCUT2D eigenvalue weighted by Gasteiger charge is 2.51. The van der Waals surface area contributed by atoms with Crippen LogP contribution in [0.4, 0.5) is 32.8 Å². The highest BCUT2D eigenvalue weighted by molar-refractivity contribution is 7.90. The molecule has 2 aromatic heterocycles. The highest BCUT2D eigenvalue weighted by atomic mass is 32.2. The number of nitrogens with zero attached hydrogens (tertiary/aromatic N) is 5. The number of morpholine rings is 1. The second-order valence-corrected chi connectivity index (χ2v) is 24.2. The van der Waals surface area contributed by atoms with Gasteiger partial charge in [0, 0.05) is 67.2 Å². The lowest BCUT2D eigenvalue weighted by Gasteiger charge is -2.57. The molecule has 1 spiro atoms. The number of para-hydroxylation sites is 1. The summed E-state index contributed by atoms with van der Waals surface area (Å²) in [5.41, 5.74) is 0.223. The lowest BCUT2D eigenvalue weighted by atomic mass is 9.59. The number of benzene rings is 3. The van der Waals surface area contributed by atoms with E-state index in [0.717, 1.165) is 79.8 Å². The van der Waals surface area contributed by atoms with Crippen molar-refractivity contribution in [2.45, 2.75) is 131 Å². The molecule has 404 valence electrons. The van der Waals surface area contributed by atoms with Gasteiger partial charge in [0.1, 0.15) is 35.5 Å². The molecule has 76 heavy (non-hydrogen) atoms. The summed E-state index contributed by atoms with van der Waals surface area (Å²) in [4.78, 5) is 41.1. The van der Waals surface area contributed by atoms with Gasteiger partial charge in [-0.25, -0.2) is 17.5 Å². The maximum absolute atomic E-state index is 16.3. The summed E-state index contributed by atoms with van der Waals surface area (Å²) in [5, 5.41) is 26.8. The predicted octanol–water partition coefficient (Wildman–Crippen LogP) is 8.09. The number of nitro groups is 1. The first-order valence-electron chi connectivity index (χ1n) is 26.7. The molecule has 19 nitrogen and oxygen atoms in total. The zero-order valence-corrected chi connectivity index (χ0v) is 43.8. The molecule has 4 N–H and O–H groups in total. The zero-order valence-electron chi connectivity index (χ0n) is 43.0. The van der Waals surface area contributed by atoms with E-state index < -0.39 is 54.9 Å². The molecular weight excluding hydrogens is 1000 g/mol. The van der Waals surface area contributed by atoms with E-state index >= 15 is 4.39 Å². The molecule has 7 heterocycles. The SMILES string of the molecule is CC(C)Oc1ccccc1[C@@H]1COCCN1C1CC2(CCN(c3ccc(C(=O)NS(=O)(=O)c4cc5c(c([N+](=O)[O-])c4)N[C@@H](C4(F)CCC(C)(O)CC4)CO5)c(N4c5cc6cc[nH]c6nc5O[C@H]5COCC[C@@H]54)c3)CC2)C1. The maximum Gasteiger partial charge on any atom is 0.297 e. The molecule has 0 unspecified atom stereocenters. The number of carbonyl (C=O) groups is 1. The quantitative estimate of drug-likeness (QED) is 0.0725. The fourth-order valence-electron chi connectivity index (χ4n) is 12.9. The first kappa shape index (κ1) is 50.6. The second-order valence-electron chi connectivity index (χ2n) is 22.5. The van der Waals surface area contributed by atoms with Crippen molar-refractivity contribution in [3.05, 3.63) is 94.2 Å². The van der Waals surface area contributed by atoms with Crippen LogP contribution >= 0.6 is 0 Å². The Balaban J connectivity index is 0.828. The largest absolute Gasteiger partial charge is 0.491 e. The summed E-state index contributed by atoms with van der Waals surface area (Å²) >= 11 is 0. The van der Waals surface area contributed by atoms with Crippen molar-refractivity contribution in [1.29, 1.82) is 0 Å². The Morgan fingerprint density at radius 3 is 2.51 bits per heavy atom. The van der Waals surface area contributed by atoms with E-state index in [1.165, 1.54) is 0 Å². The van der Waals surface area contributed by atoms with E-state index in [1.807, 2.05) is 49.1 Å². The Labute approximate surface area is 440 Å². The Morgan fingerprint density at radius 1 is 0.961 bits per heavy atom. The van der Waals surface area contributed by atoms with Gasteiger partial charge in [0.2, 0.25) is 5.88 Å². The number of aliphatic hydroxyl groups is 1. The average Bonchev–Trinajstić information content (AvgIpc) is 3.88. The molecule has 7 aliphatic rings. The third-order valence-electron chi connectivity index (χ3n) is 17.2. The number of amides is 1. The van der Waals surface area contributed by atoms with Gasteiger partial charge >= 0.3 is 0 Å². The molecule has 5 fully saturated rings. The molecule has 21 heteroatoms. The van der Waals surface area contributed by atoms with E-state index in [1.54, 1.807) is 19.2 Å². The van der Waals surface area contributed by atoms with Crippen LogP contribution in [0.15, 0.2) is 77.8 Å². The number of aromatic amines is 1. The van der Waals surface area contributed by atoms with Crippen LogP contribution in [0.5, 0.6) is 17.4 Å². The third-order valence-corrected chi connectivity index (χ3v) is 18.5. The third kappa shape index (κ3) is 9.34. The number of alkyl halides is 1. The van der Waals surface area contributed by atoms with Crippen LogP contribution < -0.4 is 34.0 Å². The minimum absolute atomic E-state index is 0.00534. The molecule has 2 aliphatic carbocycles.